The number of halogens is 1. The first kappa shape index (κ1) is 16.3. The number of amides is 1. The average Bonchev–Trinajstić information content (AvgIpc) is 2.41. The highest BCUT2D eigenvalue weighted by molar-refractivity contribution is 14.1. The maximum Gasteiger partial charge on any atom is 0.405 e. The molecule has 1 aromatic carbocycles. The van der Waals surface area contributed by atoms with E-state index in [1.807, 2.05) is 30.3 Å². The van der Waals surface area contributed by atoms with E-state index in [1.54, 1.807) is 19.9 Å². The summed E-state index contributed by atoms with van der Waals surface area (Å²) in [6.07, 6.45) is 2.56. The van der Waals surface area contributed by atoms with Gasteiger partial charge in [-0.15, -0.1) is 0 Å². The second-order valence-electron chi connectivity index (χ2n) is 5.45. The third-order valence-corrected chi connectivity index (χ3v) is 3.89. The molecule has 1 amide bonds. The maximum atomic E-state index is 11.0. The number of ether oxygens (including phenoxy) is 2. The largest absolute Gasteiger partial charge is 0.465 e. The van der Waals surface area contributed by atoms with Crippen molar-refractivity contribution in [2.45, 2.75) is 25.2 Å². The van der Waals surface area contributed by atoms with Crippen molar-refractivity contribution in [3.05, 3.63) is 39.5 Å². The summed E-state index contributed by atoms with van der Waals surface area (Å²) >= 11 is 2.24. The third-order valence-electron chi connectivity index (χ3n) is 3.18. The van der Waals surface area contributed by atoms with Crippen LogP contribution in [-0.2, 0) is 9.47 Å². The van der Waals surface area contributed by atoms with Crippen LogP contribution in [0, 0.1) is 3.57 Å². The van der Waals surface area contributed by atoms with Crippen LogP contribution in [0.5, 0.6) is 0 Å². The molecule has 1 aromatic rings. The number of nitrogens with one attached hydrogen (secondary N) is 1. The highest BCUT2D eigenvalue weighted by Gasteiger charge is 2.39. The van der Waals surface area contributed by atoms with Crippen LogP contribution < -0.4 is 5.32 Å². The minimum atomic E-state index is -1.10. The molecule has 2 N–H and O–H groups in total. The molecule has 0 saturated carbocycles. The van der Waals surface area contributed by atoms with Crippen LogP contribution in [0.4, 0.5) is 4.79 Å². The van der Waals surface area contributed by atoms with E-state index >= 15 is 0 Å². The Morgan fingerprint density at radius 3 is 2.38 bits per heavy atom. The molecule has 0 radical (unpaired) electrons. The third kappa shape index (κ3) is 4.69. The molecule has 0 spiro atoms. The fourth-order valence-electron chi connectivity index (χ4n) is 1.94. The summed E-state index contributed by atoms with van der Waals surface area (Å²) in [5.41, 5.74) is 0.122. The van der Waals surface area contributed by atoms with E-state index in [2.05, 4.69) is 27.9 Å². The quantitative estimate of drug-likeness (QED) is 0.762. The Labute approximate surface area is 137 Å². The van der Waals surface area contributed by atoms with Crippen LogP contribution in [0.25, 0.3) is 6.08 Å². The van der Waals surface area contributed by atoms with Gasteiger partial charge >= 0.3 is 6.09 Å². The van der Waals surface area contributed by atoms with Crippen LogP contribution in [-0.4, -0.2) is 35.7 Å². The molecule has 0 atom stereocenters. The molecule has 2 rings (SSSR count). The highest BCUT2D eigenvalue weighted by Crippen LogP contribution is 2.25. The summed E-state index contributed by atoms with van der Waals surface area (Å²) in [7, 11) is 0. The van der Waals surface area contributed by atoms with E-state index in [-0.39, 0.29) is 13.2 Å². The van der Waals surface area contributed by atoms with Crippen LogP contribution in [0.3, 0.4) is 0 Å². The Bertz CT molecular complexity index is 529. The van der Waals surface area contributed by atoms with Gasteiger partial charge in [0.05, 0.1) is 13.2 Å². The number of hydrogen-bond donors (Lipinski definition) is 2. The summed E-state index contributed by atoms with van der Waals surface area (Å²) in [4.78, 5) is 11.0. The summed E-state index contributed by atoms with van der Waals surface area (Å²) in [6.45, 7) is 4.07. The highest BCUT2D eigenvalue weighted by atomic mass is 127. The number of hydrogen-bond acceptors (Lipinski definition) is 3. The molecule has 1 aliphatic heterocycles. The van der Waals surface area contributed by atoms with Crippen LogP contribution in [0.2, 0.25) is 0 Å². The van der Waals surface area contributed by atoms with Crippen molar-refractivity contribution < 1.29 is 19.4 Å². The van der Waals surface area contributed by atoms with Gasteiger partial charge in [-0.05, 0) is 54.1 Å². The van der Waals surface area contributed by atoms with Gasteiger partial charge in [-0.25, -0.2) is 4.79 Å². The van der Waals surface area contributed by atoms with Gasteiger partial charge in [0.15, 0.2) is 5.79 Å². The van der Waals surface area contributed by atoms with Gasteiger partial charge in [0, 0.05) is 3.57 Å². The lowest BCUT2D eigenvalue weighted by Gasteiger charge is -2.41. The number of benzene rings is 1. The minimum Gasteiger partial charge on any atom is -0.465 e. The molecule has 1 fully saturated rings. The Hall–Kier alpha value is -1.12. The van der Waals surface area contributed by atoms with Crippen molar-refractivity contribution in [1.82, 2.24) is 5.32 Å². The van der Waals surface area contributed by atoms with Gasteiger partial charge in [0.2, 0.25) is 0 Å². The molecule has 21 heavy (non-hydrogen) atoms. The summed E-state index contributed by atoms with van der Waals surface area (Å²) in [5.74, 6) is -0.694. The maximum absolute atomic E-state index is 11.0. The summed E-state index contributed by atoms with van der Waals surface area (Å²) < 4.78 is 12.3. The second-order valence-corrected chi connectivity index (χ2v) is 6.69. The van der Waals surface area contributed by atoms with Crippen molar-refractivity contribution in [3.63, 3.8) is 0 Å². The van der Waals surface area contributed by atoms with E-state index in [0.29, 0.717) is 0 Å². The molecule has 6 heteroatoms. The Morgan fingerprint density at radius 1 is 1.29 bits per heavy atom. The van der Waals surface area contributed by atoms with E-state index in [4.69, 9.17) is 14.6 Å². The summed E-state index contributed by atoms with van der Waals surface area (Å²) in [6, 6.07) is 7.94. The molecule has 0 aliphatic carbocycles. The zero-order chi connectivity index (χ0) is 15.5. The first-order chi connectivity index (χ1) is 9.80. The molecule has 5 nitrogen and oxygen atoms in total. The van der Waals surface area contributed by atoms with Gasteiger partial charge < -0.3 is 19.9 Å². The Kier molecular flexibility index (Phi) is 4.90. The van der Waals surface area contributed by atoms with E-state index < -0.39 is 17.4 Å². The van der Waals surface area contributed by atoms with E-state index in [9.17, 15) is 4.79 Å². The van der Waals surface area contributed by atoms with Crippen LogP contribution in [0.15, 0.2) is 30.3 Å². The topological polar surface area (TPSA) is 67.8 Å². The standard InChI is InChI=1S/C15H18INO4/c1-14(2)20-9-15(10-21-14,17-13(18)19)8-7-11-3-5-12(16)6-4-11/h3-8,17H,9-10H2,1-2H3,(H,18,19)/b8-7+. The lowest BCUT2D eigenvalue weighted by Crippen LogP contribution is -2.59. The van der Waals surface area contributed by atoms with Crippen LogP contribution >= 0.6 is 22.6 Å². The molecule has 0 aromatic heterocycles. The number of carboxylic acid groups (broad SMARTS) is 1. The van der Waals surface area contributed by atoms with Crippen molar-refractivity contribution in [3.8, 4) is 0 Å². The van der Waals surface area contributed by atoms with Gasteiger partial charge in [-0.3, -0.25) is 0 Å². The lowest BCUT2D eigenvalue weighted by atomic mass is 9.98. The van der Waals surface area contributed by atoms with Gasteiger partial charge in [0.1, 0.15) is 5.54 Å². The number of carbonyl (C=O) groups is 1. The molecule has 0 bridgehead atoms. The van der Waals surface area contributed by atoms with Crippen molar-refractivity contribution in [2.75, 3.05) is 13.2 Å². The second kappa shape index (κ2) is 6.33. The molecular weight excluding hydrogens is 385 g/mol. The van der Waals surface area contributed by atoms with Gasteiger partial charge in [-0.1, -0.05) is 24.3 Å². The predicted molar refractivity (Wildman–Crippen MR) is 88.1 cm³/mol. The fraction of sp³-hybridized carbons (Fsp3) is 0.400. The summed E-state index contributed by atoms with van der Waals surface area (Å²) in [5, 5.41) is 11.5. The van der Waals surface area contributed by atoms with Gasteiger partial charge in [0.25, 0.3) is 0 Å². The monoisotopic (exact) mass is 403 g/mol. The minimum absolute atomic E-state index is 0.229. The van der Waals surface area contributed by atoms with Crippen molar-refractivity contribution >= 4 is 34.8 Å². The Morgan fingerprint density at radius 2 is 1.86 bits per heavy atom. The van der Waals surface area contributed by atoms with E-state index in [1.165, 1.54) is 0 Å². The molecule has 1 aliphatic rings. The van der Waals surface area contributed by atoms with Crippen LogP contribution in [0.1, 0.15) is 19.4 Å². The SMILES string of the molecule is CC1(C)OCC(/C=C/c2ccc(I)cc2)(NC(=O)O)CO1. The zero-order valence-corrected chi connectivity index (χ0v) is 14.1. The molecule has 1 saturated heterocycles. The average molecular weight is 403 g/mol. The fourth-order valence-corrected chi connectivity index (χ4v) is 2.30. The lowest BCUT2D eigenvalue weighted by molar-refractivity contribution is -0.263. The Balaban J connectivity index is 2.17. The molecule has 0 unspecified atom stereocenters. The predicted octanol–water partition coefficient (Wildman–Crippen LogP) is 3.09. The zero-order valence-electron chi connectivity index (χ0n) is 11.9. The van der Waals surface area contributed by atoms with Crippen molar-refractivity contribution in [1.29, 1.82) is 0 Å². The molecule has 1 heterocycles. The van der Waals surface area contributed by atoms with Gasteiger partial charge in [-0.2, -0.15) is 0 Å². The first-order valence-electron chi connectivity index (χ1n) is 6.54. The number of rotatable bonds is 3. The smallest absolute Gasteiger partial charge is 0.405 e. The normalized spacial score (nSPS) is 20.3. The van der Waals surface area contributed by atoms with E-state index in [0.717, 1.165) is 9.13 Å². The van der Waals surface area contributed by atoms with Crippen molar-refractivity contribution in [2.24, 2.45) is 0 Å². The first-order valence-corrected chi connectivity index (χ1v) is 7.62. The molecular formula is C15H18INO4. The molecule has 114 valence electrons.